The maximum Gasteiger partial charge on any atom is 0.119 e. The van der Waals surface area contributed by atoms with Crippen LogP contribution < -0.4 is 15.8 Å². The molecule has 18 heavy (non-hydrogen) atoms. The largest absolute Gasteiger partial charge is 0.497 e. The van der Waals surface area contributed by atoms with E-state index in [-0.39, 0.29) is 0 Å². The molecule has 0 amide bonds. The highest BCUT2D eigenvalue weighted by molar-refractivity contribution is 5.84. The molecule has 0 heterocycles. The summed E-state index contributed by atoms with van der Waals surface area (Å²) < 4.78 is 5.22. The third-order valence-corrected chi connectivity index (χ3v) is 3.00. The van der Waals surface area contributed by atoms with Gasteiger partial charge in [0.05, 0.1) is 7.11 Å². The van der Waals surface area contributed by atoms with Gasteiger partial charge in [-0.2, -0.15) is 0 Å². The van der Waals surface area contributed by atoms with Gasteiger partial charge in [-0.1, -0.05) is 18.2 Å². The standard InChI is InChI=1S/C15H20N2O/c1-18-15-6-5-13-9-12(3-4-14(13)10-15)11-17-8-2-7-16/h3-6,9-10,17H,2,7-8,11,16H2,1H3. The third kappa shape index (κ3) is 3.22. The van der Waals surface area contributed by atoms with Crippen molar-refractivity contribution in [3.8, 4) is 5.75 Å². The zero-order valence-electron chi connectivity index (χ0n) is 10.8. The Morgan fingerprint density at radius 3 is 2.67 bits per heavy atom. The van der Waals surface area contributed by atoms with Crippen molar-refractivity contribution in [1.82, 2.24) is 5.32 Å². The van der Waals surface area contributed by atoms with E-state index in [2.05, 4.69) is 35.6 Å². The first-order valence-electron chi connectivity index (χ1n) is 6.31. The van der Waals surface area contributed by atoms with Gasteiger partial charge in [-0.15, -0.1) is 0 Å². The summed E-state index contributed by atoms with van der Waals surface area (Å²) in [6, 6.07) is 12.6. The number of methoxy groups -OCH3 is 1. The van der Waals surface area contributed by atoms with E-state index in [1.54, 1.807) is 7.11 Å². The second-order valence-electron chi connectivity index (χ2n) is 4.37. The van der Waals surface area contributed by atoms with Crippen molar-refractivity contribution in [3.63, 3.8) is 0 Å². The lowest BCUT2D eigenvalue weighted by atomic mass is 10.1. The van der Waals surface area contributed by atoms with Gasteiger partial charge in [0.2, 0.25) is 0 Å². The number of rotatable bonds is 6. The fourth-order valence-corrected chi connectivity index (χ4v) is 1.97. The number of benzene rings is 2. The molecule has 96 valence electrons. The number of fused-ring (bicyclic) bond motifs is 1. The van der Waals surface area contributed by atoms with E-state index < -0.39 is 0 Å². The summed E-state index contributed by atoms with van der Waals surface area (Å²) in [5.41, 5.74) is 6.75. The van der Waals surface area contributed by atoms with E-state index in [9.17, 15) is 0 Å². The van der Waals surface area contributed by atoms with E-state index in [4.69, 9.17) is 10.5 Å². The number of nitrogens with two attached hydrogens (primary N) is 1. The summed E-state index contributed by atoms with van der Waals surface area (Å²) in [5, 5.41) is 5.84. The Kier molecular flexibility index (Phi) is 4.56. The highest BCUT2D eigenvalue weighted by atomic mass is 16.5. The molecule has 0 unspecified atom stereocenters. The van der Waals surface area contributed by atoms with E-state index in [1.807, 2.05) is 6.07 Å². The van der Waals surface area contributed by atoms with Crippen LogP contribution in [0.1, 0.15) is 12.0 Å². The molecular weight excluding hydrogens is 224 g/mol. The van der Waals surface area contributed by atoms with Gasteiger partial charge in [-0.25, -0.2) is 0 Å². The quantitative estimate of drug-likeness (QED) is 0.766. The van der Waals surface area contributed by atoms with Crippen molar-refractivity contribution in [3.05, 3.63) is 42.0 Å². The first-order chi connectivity index (χ1) is 8.83. The van der Waals surface area contributed by atoms with Crippen LogP contribution >= 0.6 is 0 Å². The van der Waals surface area contributed by atoms with Gasteiger partial charge in [-0.05, 0) is 54.0 Å². The molecule has 0 aromatic heterocycles. The van der Waals surface area contributed by atoms with Crippen molar-refractivity contribution < 1.29 is 4.74 Å². The summed E-state index contributed by atoms with van der Waals surface area (Å²) in [6.07, 6.45) is 1.02. The maximum absolute atomic E-state index is 5.46. The molecule has 2 aromatic carbocycles. The Morgan fingerprint density at radius 1 is 1.11 bits per heavy atom. The minimum atomic E-state index is 0.741. The Labute approximate surface area is 108 Å². The average molecular weight is 244 g/mol. The molecule has 0 saturated carbocycles. The van der Waals surface area contributed by atoms with Crippen LogP contribution in [-0.2, 0) is 6.54 Å². The van der Waals surface area contributed by atoms with Crippen molar-refractivity contribution in [2.45, 2.75) is 13.0 Å². The zero-order chi connectivity index (χ0) is 12.8. The molecule has 0 saturated heterocycles. The van der Waals surface area contributed by atoms with Gasteiger partial charge < -0.3 is 15.8 Å². The molecule has 0 atom stereocenters. The average Bonchev–Trinajstić information content (AvgIpc) is 2.43. The van der Waals surface area contributed by atoms with Gasteiger partial charge in [-0.3, -0.25) is 0 Å². The fraction of sp³-hybridized carbons (Fsp3) is 0.333. The highest BCUT2D eigenvalue weighted by Gasteiger charge is 1.98. The molecule has 3 nitrogen and oxygen atoms in total. The summed E-state index contributed by atoms with van der Waals surface area (Å²) in [6.45, 7) is 2.60. The van der Waals surface area contributed by atoms with Crippen LogP contribution in [0.25, 0.3) is 10.8 Å². The first kappa shape index (κ1) is 12.9. The molecule has 2 rings (SSSR count). The number of hydrogen-bond acceptors (Lipinski definition) is 3. The normalized spacial score (nSPS) is 10.8. The molecule has 0 fully saturated rings. The Bertz CT molecular complexity index is 511. The van der Waals surface area contributed by atoms with Crippen molar-refractivity contribution in [1.29, 1.82) is 0 Å². The van der Waals surface area contributed by atoms with Crippen LogP contribution in [0.2, 0.25) is 0 Å². The topological polar surface area (TPSA) is 47.3 Å². The lowest BCUT2D eigenvalue weighted by Crippen LogP contribution is -2.17. The van der Waals surface area contributed by atoms with Gasteiger partial charge in [0.1, 0.15) is 5.75 Å². The lowest BCUT2D eigenvalue weighted by molar-refractivity contribution is 0.415. The molecular formula is C15H20N2O. The Hall–Kier alpha value is -1.58. The second-order valence-corrected chi connectivity index (χ2v) is 4.37. The van der Waals surface area contributed by atoms with Gasteiger partial charge in [0, 0.05) is 6.54 Å². The van der Waals surface area contributed by atoms with Gasteiger partial charge >= 0.3 is 0 Å². The predicted molar refractivity (Wildman–Crippen MR) is 75.9 cm³/mol. The number of hydrogen-bond donors (Lipinski definition) is 2. The van der Waals surface area contributed by atoms with Crippen molar-refractivity contribution in [2.24, 2.45) is 5.73 Å². The van der Waals surface area contributed by atoms with Crippen LogP contribution in [0.5, 0.6) is 5.75 Å². The van der Waals surface area contributed by atoms with Crippen LogP contribution in [0.4, 0.5) is 0 Å². The molecule has 0 bridgehead atoms. The van der Waals surface area contributed by atoms with E-state index in [0.717, 1.165) is 31.8 Å². The van der Waals surface area contributed by atoms with Crippen LogP contribution in [-0.4, -0.2) is 20.2 Å². The molecule has 0 aliphatic heterocycles. The Balaban J connectivity index is 2.08. The van der Waals surface area contributed by atoms with Crippen LogP contribution in [0.15, 0.2) is 36.4 Å². The minimum absolute atomic E-state index is 0.741. The predicted octanol–water partition coefficient (Wildman–Crippen LogP) is 2.29. The highest BCUT2D eigenvalue weighted by Crippen LogP contribution is 2.21. The monoisotopic (exact) mass is 244 g/mol. The first-order valence-corrected chi connectivity index (χ1v) is 6.31. The molecule has 0 spiro atoms. The van der Waals surface area contributed by atoms with Gasteiger partial charge in [0.15, 0.2) is 0 Å². The maximum atomic E-state index is 5.46. The Morgan fingerprint density at radius 2 is 1.89 bits per heavy atom. The number of nitrogens with one attached hydrogen (secondary N) is 1. The summed E-state index contributed by atoms with van der Waals surface area (Å²) in [5.74, 6) is 0.899. The van der Waals surface area contributed by atoms with E-state index >= 15 is 0 Å². The van der Waals surface area contributed by atoms with E-state index in [0.29, 0.717) is 0 Å². The van der Waals surface area contributed by atoms with Crippen LogP contribution in [0, 0.1) is 0 Å². The molecule has 3 N–H and O–H groups in total. The summed E-state index contributed by atoms with van der Waals surface area (Å²) >= 11 is 0. The summed E-state index contributed by atoms with van der Waals surface area (Å²) in [7, 11) is 1.69. The minimum Gasteiger partial charge on any atom is -0.497 e. The van der Waals surface area contributed by atoms with Crippen LogP contribution in [0.3, 0.4) is 0 Å². The number of ether oxygens (including phenoxy) is 1. The molecule has 2 aromatic rings. The third-order valence-electron chi connectivity index (χ3n) is 3.00. The molecule has 0 aliphatic carbocycles. The second kappa shape index (κ2) is 6.38. The lowest BCUT2D eigenvalue weighted by Gasteiger charge is -2.07. The van der Waals surface area contributed by atoms with Crippen molar-refractivity contribution in [2.75, 3.05) is 20.2 Å². The fourth-order valence-electron chi connectivity index (χ4n) is 1.97. The zero-order valence-corrected chi connectivity index (χ0v) is 10.8. The molecule has 3 heteroatoms. The molecule has 0 aliphatic rings. The molecule has 0 radical (unpaired) electrons. The smallest absolute Gasteiger partial charge is 0.119 e. The summed E-state index contributed by atoms with van der Waals surface area (Å²) in [4.78, 5) is 0. The van der Waals surface area contributed by atoms with Gasteiger partial charge in [0.25, 0.3) is 0 Å². The van der Waals surface area contributed by atoms with E-state index in [1.165, 1.54) is 16.3 Å². The van der Waals surface area contributed by atoms with Crippen molar-refractivity contribution >= 4 is 10.8 Å². The SMILES string of the molecule is COc1ccc2cc(CNCCCN)ccc2c1.